The maximum absolute atomic E-state index is 6.07. The van der Waals surface area contributed by atoms with Gasteiger partial charge in [-0.1, -0.05) is 11.6 Å². The number of aromatic nitrogens is 2. The van der Waals surface area contributed by atoms with E-state index in [0.717, 1.165) is 37.5 Å². The molecule has 1 aromatic carbocycles. The van der Waals surface area contributed by atoms with Crippen LogP contribution < -0.4 is 15.4 Å². The number of nitrogens with one attached hydrogen (secondary N) is 2. The van der Waals surface area contributed by atoms with Crippen LogP contribution in [-0.2, 0) is 4.74 Å². The number of hydrogen-bond donors (Lipinski definition) is 2. The van der Waals surface area contributed by atoms with Crippen LogP contribution in [0.5, 0.6) is 5.75 Å². The standard InChI is InChI=1S/C17H21ClN4O2/c1-11-20-16(19-10-13-4-3-7-24-13)9-17(21-11)22-14-8-12(18)5-6-15(14)23-2/h5-6,8-9,13H,3-4,7,10H2,1-2H3,(H2,19,20,21,22). The van der Waals surface area contributed by atoms with Gasteiger partial charge in [0.25, 0.3) is 0 Å². The van der Waals surface area contributed by atoms with Gasteiger partial charge in [-0.3, -0.25) is 0 Å². The predicted octanol–water partition coefficient (Wildman–Crippen LogP) is 3.78. The largest absolute Gasteiger partial charge is 0.495 e. The minimum Gasteiger partial charge on any atom is -0.495 e. The summed E-state index contributed by atoms with van der Waals surface area (Å²) in [4.78, 5) is 8.84. The average Bonchev–Trinajstić information content (AvgIpc) is 3.06. The molecule has 2 heterocycles. The number of nitrogens with zero attached hydrogens (tertiary/aromatic N) is 2. The van der Waals surface area contributed by atoms with E-state index in [1.54, 1.807) is 19.2 Å². The summed E-state index contributed by atoms with van der Waals surface area (Å²) in [5.41, 5.74) is 0.758. The minimum absolute atomic E-state index is 0.254. The van der Waals surface area contributed by atoms with Crippen LogP contribution in [0.2, 0.25) is 5.02 Å². The van der Waals surface area contributed by atoms with Crippen molar-refractivity contribution in [2.75, 3.05) is 30.9 Å². The third-order valence-electron chi connectivity index (χ3n) is 3.80. The van der Waals surface area contributed by atoms with Gasteiger partial charge in [0.05, 0.1) is 18.9 Å². The molecule has 1 atom stereocenters. The van der Waals surface area contributed by atoms with Gasteiger partial charge in [-0.2, -0.15) is 0 Å². The van der Waals surface area contributed by atoms with Crippen LogP contribution in [0, 0.1) is 6.92 Å². The molecule has 1 unspecified atom stereocenters. The summed E-state index contributed by atoms with van der Waals surface area (Å²) in [6.07, 6.45) is 2.46. The monoisotopic (exact) mass is 348 g/mol. The predicted molar refractivity (Wildman–Crippen MR) is 95.5 cm³/mol. The molecule has 1 fully saturated rings. The van der Waals surface area contributed by atoms with Crippen molar-refractivity contribution in [1.82, 2.24) is 9.97 Å². The maximum atomic E-state index is 6.07. The molecule has 1 saturated heterocycles. The van der Waals surface area contributed by atoms with Crippen LogP contribution in [0.3, 0.4) is 0 Å². The van der Waals surface area contributed by atoms with E-state index < -0.39 is 0 Å². The fraction of sp³-hybridized carbons (Fsp3) is 0.412. The fourth-order valence-electron chi connectivity index (χ4n) is 2.66. The van der Waals surface area contributed by atoms with Crippen LogP contribution in [0.1, 0.15) is 18.7 Å². The van der Waals surface area contributed by atoms with Crippen molar-refractivity contribution in [1.29, 1.82) is 0 Å². The quantitative estimate of drug-likeness (QED) is 0.828. The lowest BCUT2D eigenvalue weighted by Crippen LogP contribution is -2.19. The zero-order chi connectivity index (χ0) is 16.9. The molecule has 0 radical (unpaired) electrons. The zero-order valence-corrected chi connectivity index (χ0v) is 14.6. The van der Waals surface area contributed by atoms with Gasteiger partial charge in [0.1, 0.15) is 23.2 Å². The maximum Gasteiger partial charge on any atom is 0.142 e. The second-order valence-corrected chi connectivity index (χ2v) is 6.11. The van der Waals surface area contributed by atoms with E-state index in [-0.39, 0.29) is 6.10 Å². The number of benzene rings is 1. The van der Waals surface area contributed by atoms with Gasteiger partial charge < -0.3 is 20.1 Å². The van der Waals surface area contributed by atoms with E-state index >= 15 is 0 Å². The van der Waals surface area contributed by atoms with E-state index in [1.165, 1.54) is 0 Å². The van der Waals surface area contributed by atoms with Gasteiger partial charge in [-0.25, -0.2) is 9.97 Å². The first-order chi connectivity index (χ1) is 11.6. The molecule has 7 heteroatoms. The van der Waals surface area contributed by atoms with Gasteiger partial charge in [-0.15, -0.1) is 0 Å². The number of methoxy groups -OCH3 is 1. The van der Waals surface area contributed by atoms with Crippen molar-refractivity contribution in [3.8, 4) is 5.75 Å². The molecule has 24 heavy (non-hydrogen) atoms. The van der Waals surface area contributed by atoms with Crippen LogP contribution in [0.15, 0.2) is 24.3 Å². The van der Waals surface area contributed by atoms with Gasteiger partial charge in [0, 0.05) is 24.2 Å². The van der Waals surface area contributed by atoms with Gasteiger partial charge in [0.15, 0.2) is 0 Å². The van der Waals surface area contributed by atoms with Gasteiger partial charge in [-0.05, 0) is 38.0 Å². The van der Waals surface area contributed by atoms with Crippen molar-refractivity contribution in [2.24, 2.45) is 0 Å². The summed E-state index contributed by atoms with van der Waals surface area (Å²) >= 11 is 6.07. The lowest BCUT2D eigenvalue weighted by atomic mass is 10.2. The Balaban J connectivity index is 1.74. The Kier molecular flexibility index (Phi) is 5.37. The van der Waals surface area contributed by atoms with E-state index in [2.05, 4.69) is 20.6 Å². The Morgan fingerprint density at radius 1 is 1.29 bits per heavy atom. The van der Waals surface area contributed by atoms with E-state index in [9.17, 15) is 0 Å². The summed E-state index contributed by atoms with van der Waals surface area (Å²) in [5, 5.41) is 7.19. The first-order valence-electron chi connectivity index (χ1n) is 7.96. The van der Waals surface area contributed by atoms with E-state index in [0.29, 0.717) is 22.4 Å². The van der Waals surface area contributed by atoms with Gasteiger partial charge >= 0.3 is 0 Å². The highest BCUT2D eigenvalue weighted by Crippen LogP contribution is 2.30. The van der Waals surface area contributed by atoms with Crippen molar-refractivity contribution in [3.63, 3.8) is 0 Å². The van der Waals surface area contributed by atoms with E-state index in [4.69, 9.17) is 21.1 Å². The summed E-state index contributed by atoms with van der Waals surface area (Å²) in [6, 6.07) is 7.26. The Morgan fingerprint density at radius 2 is 2.12 bits per heavy atom. The molecule has 0 bridgehead atoms. The lowest BCUT2D eigenvalue weighted by molar-refractivity contribution is 0.120. The highest BCUT2D eigenvalue weighted by molar-refractivity contribution is 6.31. The number of anilines is 3. The van der Waals surface area contributed by atoms with E-state index in [1.807, 2.05) is 19.1 Å². The first kappa shape index (κ1) is 16.8. The molecule has 128 valence electrons. The second-order valence-electron chi connectivity index (χ2n) is 5.67. The Hall–Kier alpha value is -2.05. The molecule has 0 saturated carbocycles. The number of hydrogen-bond acceptors (Lipinski definition) is 6. The normalized spacial score (nSPS) is 16.9. The molecule has 2 N–H and O–H groups in total. The van der Waals surface area contributed by atoms with Crippen molar-refractivity contribution >= 4 is 28.9 Å². The zero-order valence-electron chi connectivity index (χ0n) is 13.8. The van der Waals surface area contributed by atoms with Crippen molar-refractivity contribution < 1.29 is 9.47 Å². The van der Waals surface area contributed by atoms with Crippen molar-refractivity contribution in [3.05, 3.63) is 35.1 Å². The van der Waals surface area contributed by atoms with Crippen LogP contribution in [0.25, 0.3) is 0 Å². The molecule has 1 aliphatic heterocycles. The molecule has 3 rings (SSSR count). The molecule has 6 nitrogen and oxygen atoms in total. The smallest absolute Gasteiger partial charge is 0.142 e. The van der Waals surface area contributed by atoms with Crippen LogP contribution in [-0.4, -0.2) is 36.3 Å². The first-order valence-corrected chi connectivity index (χ1v) is 8.33. The molecule has 2 aromatic rings. The Bertz CT molecular complexity index is 705. The third-order valence-corrected chi connectivity index (χ3v) is 4.03. The molecule has 1 aromatic heterocycles. The molecule has 0 spiro atoms. The highest BCUT2D eigenvalue weighted by atomic mass is 35.5. The van der Waals surface area contributed by atoms with Crippen LogP contribution in [0.4, 0.5) is 17.3 Å². The van der Waals surface area contributed by atoms with Gasteiger partial charge in [0.2, 0.25) is 0 Å². The lowest BCUT2D eigenvalue weighted by Gasteiger charge is -2.14. The Morgan fingerprint density at radius 3 is 2.88 bits per heavy atom. The number of ether oxygens (including phenoxy) is 2. The molecule has 0 aliphatic carbocycles. The number of halogens is 1. The summed E-state index contributed by atoms with van der Waals surface area (Å²) in [5.74, 6) is 2.82. The number of aryl methyl sites for hydroxylation is 1. The number of rotatable bonds is 6. The highest BCUT2D eigenvalue weighted by Gasteiger charge is 2.15. The average molecular weight is 349 g/mol. The SMILES string of the molecule is COc1ccc(Cl)cc1Nc1cc(NCC2CCCO2)nc(C)n1. The summed E-state index contributed by atoms with van der Waals surface area (Å²) in [6.45, 7) is 3.45. The fourth-order valence-corrected chi connectivity index (χ4v) is 2.83. The van der Waals surface area contributed by atoms with Crippen LogP contribution >= 0.6 is 11.6 Å². The molecule has 1 aliphatic rings. The molecular weight excluding hydrogens is 328 g/mol. The summed E-state index contributed by atoms with van der Waals surface area (Å²) in [7, 11) is 1.62. The topological polar surface area (TPSA) is 68.3 Å². The third kappa shape index (κ3) is 4.27. The molecular formula is C17H21ClN4O2. The second kappa shape index (κ2) is 7.68. The minimum atomic E-state index is 0.254. The Labute approximate surface area is 146 Å². The van der Waals surface area contributed by atoms with Crippen molar-refractivity contribution in [2.45, 2.75) is 25.9 Å². The molecule has 0 amide bonds. The summed E-state index contributed by atoms with van der Waals surface area (Å²) < 4.78 is 11.0.